The molecule has 0 aromatic heterocycles. The number of halogens is 4. The van der Waals surface area contributed by atoms with E-state index in [1.807, 2.05) is 0 Å². The van der Waals surface area contributed by atoms with Crippen LogP contribution in [0, 0.1) is 11.7 Å². The van der Waals surface area contributed by atoms with Crippen LogP contribution in [0.2, 0.25) is 0 Å². The normalized spacial score (nSPS) is 23.4. The number of hydrogen-bond donors (Lipinski definition) is 1. The van der Waals surface area contributed by atoms with Crippen molar-refractivity contribution in [1.29, 1.82) is 0 Å². The topological polar surface area (TPSA) is 21.3 Å². The van der Waals surface area contributed by atoms with Crippen LogP contribution in [-0.4, -0.2) is 19.3 Å². The lowest BCUT2D eigenvalue weighted by atomic mass is 9.84. The summed E-state index contributed by atoms with van der Waals surface area (Å²) in [4.78, 5) is 0. The summed E-state index contributed by atoms with van der Waals surface area (Å²) in [5, 5.41) is 2.87. The highest BCUT2D eigenvalue weighted by Gasteiger charge is 2.45. The predicted molar refractivity (Wildman–Crippen MR) is 68.4 cm³/mol. The van der Waals surface area contributed by atoms with Crippen molar-refractivity contribution in [2.45, 2.75) is 37.9 Å². The Morgan fingerprint density at radius 3 is 2.55 bits per heavy atom. The summed E-state index contributed by atoms with van der Waals surface area (Å²) in [5.41, 5.74) is 0.449. The van der Waals surface area contributed by atoms with Crippen molar-refractivity contribution in [3.63, 3.8) is 0 Å². The fraction of sp³-hybridized carbons (Fsp3) is 0.571. The van der Waals surface area contributed by atoms with E-state index in [9.17, 15) is 17.6 Å². The van der Waals surface area contributed by atoms with Gasteiger partial charge in [-0.05, 0) is 25.0 Å². The predicted octanol–water partition coefficient (Wildman–Crippen LogP) is 4.37. The summed E-state index contributed by atoms with van der Waals surface area (Å²) >= 11 is 0. The van der Waals surface area contributed by atoms with Crippen LogP contribution < -0.4 is 10.1 Å². The summed E-state index contributed by atoms with van der Waals surface area (Å²) in [6.07, 6.45) is -2.25. The third-order valence-corrected chi connectivity index (χ3v) is 3.69. The van der Waals surface area contributed by atoms with Gasteiger partial charge in [0.15, 0.2) is 11.6 Å². The zero-order valence-electron chi connectivity index (χ0n) is 11.1. The Bertz CT molecular complexity index is 461. The van der Waals surface area contributed by atoms with Gasteiger partial charge in [0.2, 0.25) is 0 Å². The summed E-state index contributed by atoms with van der Waals surface area (Å²) in [6, 6.07) is 3.34. The van der Waals surface area contributed by atoms with Crippen molar-refractivity contribution in [3.8, 4) is 5.75 Å². The van der Waals surface area contributed by atoms with Crippen molar-refractivity contribution < 1.29 is 22.3 Å². The molecular weight excluding hydrogens is 274 g/mol. The Morgan fingerprint density at radius 2 is 1.90 bits per heavy atom. The molecular formula is C14H17F4NO. The maximum atomic E-state index is 13.3. The van der Waals surface area contributed by atoms with Gasteiger partial charge in [0.05, 0.1) is 13.0 Å². The Balaban J connectivity index is 2.14. The van der Waals surface area contributed by atoms with Gasteiger partial charge >= 0.3 is 6.18 Å². The first kappa shape index (κ1) is 14.9. The number of hydrogen-bond acceptors (Lipinski definition) is 2. The van der Waals surface area contributed by atoms with Crippen molar-refractivity contribution >= 4 is 5.69 Å². The molecule has 0 saturated heterocycles. The molecule has 1 fully saturated rings. The molecule has 0 aliphatic heterocycles. The van der Waals surface area contributed by atoms with Crippen molar-refractivity contribution in [1.82, 2.24) is 0 Å². The van der Waals surface area contributed by atoms with Crippen LogP contribution in [0.4, 0.5) is 23.2 Å². The number of nitrogens with one attached hydrogen (secondary N) is 1. The molecule has 20 heavy (non-hydrogen) atoms. The number of alkyl halides is 3. The zero-order valence-corrected chi connectivity index (χ0v) is 11.1. The van der Waals surface area contributed by atoms with Crippen LogP contribution in [0.3, 0.4) is 0 Å². The summed E-state index contributed by atoms with van der Waals surface area (Å²) in [7, 11) is 1.32. The molecule has 1 saturated carbocycles. The van der Waals surface area contributed by atoms with E-state index in [0.717, 1.165) is 6.42 Å². The van der Waals surface area contributed by atoms with Crippen LogP contribution in [0.25, 0.3) is 0 Å². The molecule has 1 aliphatic rings. The number of benzene rings is 1. The molecule has 1 aromatic rings. The van der Waals surface area contributed by atoms with E-state index >= 15 is 0 Å². The van der Waals surface area contributed by atoms with Gasteiger partial charge in [-0.1, -0.05) is 12.8 Å². The molecule has 2 rings (SSSR count). The lowest BCUT2D eigenvalue weighted by molar-refractivity contribution is -0.184. The lowest BCUT2D eigenvalue weighted by Crippen LogP contribution is -2.41. The van der Waals surface area contributed by atoms with Crippen LogP contribution in [0.1, 0.15) is 25.7 Å². The van der Waals surface area contributed by atoms with E-state index in [1.54, 1.807) is 0 Å². The monoisotopic (exact) mass is 291 g/mol. The average Bonchev–Trinajstić information content (AvgIpc) is 2.40. The number of anilines is 1. The van der Waals surface area contributed by atoms with E-state index in [1.165, 1.54) is 25.3 Å². The van der Waals surface area contributed by atoms with Gasteiger partial charge in [0.1, 0.15) is 0 Å². The molecule has 6 heteroatoms. The van der Waals surface area contributed by atoms with Gasteiger partial charge in [-0.15, -0.1) is 0 Å². The second kappa shape index (κ2) is 5.89. The molecule has 0 bridgehead atoms. The summed E-state index contributed by atoms with van der Waals surface area (Å²) in [5.74, 6) is -1.87. The molecule has 112 valence electrons. The standard InChI is InChI=1S/C14H17F4NO/c1-20-13-8-9(6-7-11(13)15)19-12-5-3-2-4-10(12)14(16,17)18/h6-8,10,12,19H,2-5H2,1H3. The lowest BCUT2D eigenvalue weighted by Gasteiger charge is -2.34. The maximum absolute atomic E-state index is 13.3. The molecule has 1 aliphatic carbocycles. The molecule has 0 heterocycles. The fourth-order valence-corrected chi connectivity index (χ4v) is 2.66. The van der Waals surface area contributed by atoms with E-state index in [4.69, 9.17) is 4.74 Å². The molecule has 2 nitrogen and oxygen atoms in total. The number of ether oxygens (including phenoxy) is 1. The second-order valence-electron chi connectivity index (χ2n) is 5.03. The van der Waals surface area contributed by atoms with Gasteiger partial charge < -0.3 is 10.1 Å². The highest BCUT2D eigenvalue weighted by molar-refractivity contribution is 5.49. The Hall–Kier alpha value is -1.46. The van der Waals surface area contributed by atoms with Gasteiger partial charge in [-0.3, -0.25) is 0 Å². The number of rotatable bonds is 3. The Morgan fingerprint density at radius 1 is 1.20 bits per heavy atom. The van der Waals surface area contributed by atoms with Crippen LogP contribution in [-0.2, 0) is 0 Å². The van der Waals surface area contributed by atoms with Gasteiger partial charge in [-0.25, -0.2) is 4.39 Å². The fourth-order valence-electron chi connectivity index (χ4n) is 2.66. The molecule has 0 radical (unpaired) electrons. The molecule has 2 atom stereocenters. The maximum Gasteiger partial charge on any atom is 0.393 e. The number of methoxy groups -OCH3 is 1. The second-order valence-corrected chi connectivity index (χ2v) is 5.03. The zero-order chi connectivity index (χ0) is 14.8. The van der Waals surface area contributed by atoms with Crippen LogP contribution in [0.5, 0.6) is 5.75 Å². The average molecular weight is 291 g/mol. The molecule has 0 amide bonds. The third kappa shape index (κ3) is 3.35. The summed E-state index contributed by atoms with van der Waals surface area (Å²) < 4.78 is 57.1. The van der Waals surface area contributed by atoms with Gasteiger partial charge in [0, 0.05) is 17.8 Å². The molecule has 2 unspecified atom stereocenters. The van der Waals surface area contributed by atoms with Gasteiger partial charge in [-0.2, -0.15) is 13.2 Å². The van der Waals surface area contributed by atoms with E-state index in [0.29, 0.717) is 18.5 Å². The smallest absolute Gasteiger partial charge is 0.393 e. The van der Waals surface area contributed by atoms with Crippen molar-refractivity contribution in [3.05, 3.63) is 24.0 Å². The first-order valence-electron chi connectivity index (χ1n) is 6.58. The quantitative estimate of drug-likeness (QED) is 0.835. The molecule has 1 N–H and O–H groups in total. The van der Waals surface area contributed by atoms with E-state index < -0.39 is 24.0 Å². The SMILES string of the molecule is COc1cc(NC2CCCCC2C(F)(F)F)ccc1F. The van der Waals surface area contributed by atoms with Gasteiger partial charge in [0.25, 0.3) is 0 Å². The van der Waals surface area contributed by atoms with Crippen LogP contribution in [0.15, 0.2) is 18.2 Å². The highest BCUT2D eigenvalue weighted by atomic mass is 19.4. The van der Waals surface area contributed by atoms with Crippen LogP contribution >= 0.6 is 0 Å². The third-order valence-electron chi connectivity index (χ3n) is 3.69. The minimum atomic E-state index is -4.21. The van der Waals surface area contributed by atoms with E-state index in [2.05, 4.69) is 5.32 Å². The highest BCUT2D eigenvalue weighted by Crippen LogP contribution is 2.39. The summed E-state index contributed by atoms with van der Waals surface area (Å²) in [6.45, 7) is 0. The Labute approximate surface area is 115 Å². The first-order chi connectivity index (χ1) is 9.41. The van der Waals surface area contributed by atoms with E-state index in [-0.39, 0.29) is 12.2 Å². The van der Waals surface area contributed by atoms with Crippen molar-refractivity contribution in [2.24, 2.45) is 5.92 Å². The minimum absolute atomic E-state index is 0.0226. The Kier molecular flexibility index (Phi) is 4.40. The minimum Gasteiger partial charge on any atom is -0.494 e. The first-order valence-corrected chi connectivity index (χ1v) is 6.58. The van der Waals surface area contributed by atoms with Crippen molar-refractivity contribution in [2.75, 3.05) is 12.4 Å². The molecule has 1 aromatic carbocycles. The largest absolute Gasteiger partial charge is 0.494 e. The molecule has 0 spiro atoms.